The van der Waals surface area contributed by atoms with Gasteiger partial charge in [0.05, 0.1) is 24.1 Å². The van der Waals surface area contributed by atoms with Crippen LogP contribution in [0.2, 0.25) is 0 Å². The van der Waals surface area contributed by atoms with E-state index in [2.05, 4.69) is 14.8 Å². The molecule has 2 heterocycles. The summed E-state index contributed by atoms with van der Waals surface area (Å²) in [6.07, 6.45) is -2.81. The molecule has 0 radical (unpaired) electrons. The Kier molecular flexibility index (Phi) is 5.44. The lowest BCUT2D eigenvalue weighted by molar-refractivity contribution is -0.286. The summed E-state index contributed by atoms with van der Waals surface area (Å²) in [6.45, 7) is 0. The van der Waals surface area contributed by atoms with Gasteiger partial charge in [-0.2, -0.15) is 0 Å². The van der Waals surface area contributed by atoms with E-state index in [1.807, 2.05) is 0 Å². The molecule has 2 N–H and O–H groups in total. The zero-order valence-corrected chi connectivity index (χ0v) is 20.2. The Morgan fingerprint density at radius 2 is 1.76 bits per heavy atom. The van der Waals surface area contributed by atoms with E-state index in [1.165, 1.54) is 18.2 Å². The van der Waals surface area contributed by atoms with E-state index in [9.17, 15) is 23.5 Å². The molecule has 0 bridgehead atoms. The van der Waals surface area contributed by atoms with Crippen molar-refractivity contribution >= 4 is 11.9 Å². The summed E-state index contributed by atoms with van der Waals surface area (Å²) in [5.74, 6) is -0.339. The second kappa shape index (κ2) is 8.61. The van der Waals surface area contributed by atoms with Gasteiger partial charge in [0.2, 0.25) is 5.91 Å². The minimum atomic E-state index is -3.74. The van der Waals surface area contributed by atoms with Crippen molar-refractivity contribution in [3.8, 4) is 23.0 Å². The minimum Gasteiger partial charge on any atom is -0.497 e. The number of aromatic carboxylic acids is 1. The highest BCUT2D eigenvalue weighted by Crippen LogP contribution is 2.53. The van der Waals surface area contributed by atoms with E-state index >= 15 is 0 Å². The van der Waals surface area contributed by atoms with Gasteiger partial charge in [0.15, 0.2) is 11.5 Å². The number of benzene rings is 3. The number of amides is 1. The first-order valence-electron chi connectivity index (χ1n) is 12.1. The number of hydrogen-bond acceptors (Lipinski definition) is 6. The molecular weight excluding hydrogens is 500 g/mol. The van der Waals surface area contributed by atoms with E-state index in [-0.39, 0.29) is 23.0 Å². The third-order valence-electron chi connectivity index (χ3n) is 7.26. The first-order chi connectivity index (χ1) is 18.2. The Bertz CT molecular complexity index is 1450. The van der Waals surface area contributed by atoms with Gasteiger partial charge in [-0.1, -0.05) is 18.2 Å². The molecule has 2 aliphatic heterocycles. The monoisotopic (exact) mass is 523 g/mol. The molecule has 10 heteroatoms. The Hall–Kier alpha value is -4.34. The molecule has 196 valence electrons. The van der Waals surface area contributed by atoms with Crippen molar-refractivity contribution in [1.82, 2.24) is 5.32 Å². The summed E-state index contributed by atoms with van der Waals surface area (Å²) < 4.78 is 47.7. The summed E-state index contributed by atoms with van der Waals surface area (Å²) in [5.41, 5.74) is 1.22. The number of nitrogens with one attached hydrogen (secondary N) is 1. The quantitative estimate of drug-likeness (QED) is 0.462. The van der Waals surface area contributed by atoms with Gasteiger partial charge in [-0.05, 0) is 66.4 Å². The maximum absolute atomic E-state index is 13.7. The van der Waals surface area contributed by atoms with Crippen LogP contribution in [0.5, 0.6) is 23.0 Å². The smallest absolute Gasteiger partial charge is 0.497 e. The first kappa shape index (κ1) is 24.0. The lowest BCUT2D eigenvalue weighted by Crippen LogP contribution is -2.39. The molecule has 1 amide bonds. The molecule has 0 spiro atoms. The zero-order chi connectivity index (χ0) is 26.7. The Morgan fingerprint density at radius 3 is 2.50 bits per heavy atom. The van der Waals surface area contributed by atoms with E-state index in [0.29, 0.717) is 41.9 Å². The van der Waals surface area contributed by atoms with Crippen molar-refractivity contribution in [1.29, 1.82) is 0 Å². The van der Waals surface area contributed by atoms with Gasteiger partial charge < -0.3 is 29.4 Å². The van der Waals surface area contributed by atoms with Crippen LogP contribution in [0.25, 0.3) is 0 Å². The SMILES string of the molecule is COc1ccc2c(c1)[C@H](NC(=O)C1(c3ccc4c(c3)OC(F)(F)O4)CC1)C[C@H](c1cccc(C(=O)O)c1)O2. The number of alkyl halides is 2. The average molecular weight is 523 g/mol. The van der Waals surface area contributed by atoms with Crippen LogP contribution < -0.4 is 24.3 Å². The largest absolute Gasteiger partial charge is 0.586 e. The van der Waals surface area contributed by atoms with Crippen LogP contribution in [0.1, 0.15) is 58.5 Å². The molecule has 3 aliphatic rings. The minimum absolute atomic E-state index is 0.0770. The number of ether oxygens (including phenoxy) is 4. The van der Waals surface area contributed by atoms with E-state index < -0.39 is 29.8 Å². The van der Waals surface area contributed by atoms with E-state index in [4.69, 9.17) is 9.47 Å². The Morgan fingerprint density at radius 1 is 1.00 bits per heavy atom. The summed E-state index contributed by atoms with van der Waals surface area (Å²) in [6, 6.07) is 15.8. The number of carboxylic acids is 1. The summed E-state index contributed by atoms with van der Waals surface area (Å²) in [5, 5.41) is 12.6. The van der Waals surface area contributed by atoms with Crippen LogP contribution in [0.3, 0.4) is 0 Å². The molecule has 0 unspecified atom stereocenters. The highest BCUT2D eigenvalue weighted by molar-refractivity contribution is 5.92. The van der Waals surface area contributed by atoms with Crippen LogP contribution in [-0.2, 0) is 10.2 Å². The molecule has 0 aromatic heterocycles. The Labute approximate surface area is 216 Å². The van der Waals surface area contributed by atoms with E-state index in [0.717, 1.165) is 5.56 Å². The molecule has 2 atom stereocenters. The van der Waals surface area contributed by atoms with Gasteiger partial charge in [-0.15, -0.1) is 8.78 Å². The van der Waals surface area contributed by atoms with Crippen LogP contribution in [0, 0.1) is 0 Å². The molecule has 1 fully saturated rings. The van der Waals surface area contributed by atoms with Crippen LogP contribution in [0.4, 0.5) is 8.78 Å². The molecule has 6 rings (SSSR count). The zero-order valence-electron chi connectivity index (χ0n) is 20.2. The standard InChI is InChI=1S/C28H23F2NO7/c1-35-18-6-8-21-19(13-18)20(14-23(36-21)15-3-2-4-16(11-15)25(32)33)31-26(34)27(9-10-27)17-5-7-22-24(12-17)38-28(29,30)37-22/h2-8,11-13,20,23H,9-10,14H2,1H3,(H,31,34)(H,32,33)/t20-,23-/m1/s1. The summed E-state index contributed by atoms with van der Waals surface area (Å²) >= 11 is 0. The molecular formula is C28H23F2NO7. The maximum Gasteiger partial charge on any atom is 0.586 e. The van der Waals surface area contributed by atoms with Gasteiger partial charge in [-0.25, -0.2) is 4.79 Å². The lowest BCUT2D eigenvalue weighted by Gasteiger charge is -2.34. The number of fused-ring (bicyclic) bond motifs is 2. The summed E-state index contributed by atoms with van der Waals surface area (Å²) in [7, 11) is 1.54. The van der Waals surface area contributed by atoms with Crippen molar-refractivity contribution in [3.05, 3.63) is 82.9 Å². The Balaban J connectivity index is 1.30. The van der Waals surface area contributed by atoms with Crippen molar-refractivity contribution in [2.75, 3.05) is 7.11 Å². The van der Waals surface area contributed by atoms with Gasteiger partial charge in [0.1, 0.15) is 17.6 Å². The fourth-order valence-electron chi connectivity index (χ4n) is 5.10. The first-order valence-corrected chi connectivity index (χ1v) is 12.1. The van der Waals surface area contributed by atoms with Crippen LogP contribution in [-0.4, -0.2) is 30.4 Å². The number of carbonyl (C=O) groups excluding carboxylic acids is 1. The van der Waals surface area contributed by atoms with Gasteiger partial charge >= 0.3 is 12.3 Å². The number of methoxy groups -OCH3 is 1. The highest BCUT2D eigenvalue weighted by Gasteiger charge is 2.53. The van der Waals surface area contributed by atoms with Gasteiger partial charge in [-0.3, -0.25) is 4.79 Å². The molecule has 38 heavy (non-hydrogen) atoms. The fourth-order valence-corrected chi connectivity index (χ4v) is 5.10. The molecule has 1 saturated carbocycles. The van der Waals surface area contributed by atoms with Crippen molar-refractivity contribution in [2.24, 2.45) is 0 Å². The lowest BCUT2D eigenvalue weighted by atomic mass is 9.90. The number of carbonyl (C=O) groups is 2. The van der Waals surface area contributed by atoms with Gasteiger partial charge in [0.25, 0.3) is 0 Å². The van der Waals surface area contributed by atoms with Crippen molar-refractivity contribution < 1.29 is 42.4 Å². The van der Waals surface area contributed by atoms with Crippen molar-refractivity contribution in [3.63, 3.8) is 0 Å². The number of hydrogen-bond donors (Lipinski definition) is 2. The predicted octanol–water partition coefficient (Wildman–Crippen LogP) is 5.13. The summed E-state index contributed by atoms with van der Waals surface area (Å²) in [4.78, 5) is 25.2. The van der Waals surface area contributed by atoms with Crippen LogP contribution in [0.15, 0.2) is 60.7 Å². The molecule has 8 nitrogen and oxygen atoms in total. The van der Waals surface area contributed by atoms with E-state index in [1.54, 1.807) is 49.6 Å². The normalized spacial score (nSPS) is 21.6. The van der Waals surface area contributed by atoms with Crippen LogP contribution >= 0.6 is 0 Å². The second-order valence-corrected chi connectivity index (χ2v) is 9.61. The van der Waals surface area contributed by atoms with Gasteiger partial charge in [0, 0.05) is 12.0 Å². The molecule has 3 aromatic carbocycles. The third-order valence-corrected chi connectivity index (χ3v) is 7.26. The van der Waals surface area contributed by atoms with Crippen molar-refractivity contribution in [2.45, 2.75) is 43.1 Å². The molecule has 3 aromatic rings. The maximum atomic E-state index is 13.7. The average Bonchev–Trinajstić information content (AvgIpc) is 3.65. The number of carboxylic acid groups (broad SMARTS) is 1. The molecule has 0 saturated heterocycles. The number of halogens is 2. The third kappa shape index (κ3) is 4.15. The second-order valence-electron chi connectivity index (χ2n) is 9.61. The topological polar surface area (TPSA) is 103 Å². The number of rotatable bonds is 6. The predicted molar refractivity (Wildman–Crippen MR) is 129 cm³/mol. The highest BCUT2D eigenvalue weighted by atomic mass is 19.3. The molecule has 1 aliphatic carbocycles. The fraction of sp³-hybridized carbons (Fsp3) is 0.286.